The molecule has 0 saturated heterocycles. The molecule has 1 heterocycles. The van der Waals surface area contributed by atoms with Gasteiger partial charge in [-0.15, -0.1) is 0 Å². The van der Waals surface area contributed by atoms with Gasteiger partial charge in [0, 0.05) is 15.1 Å². The van der Waals surface area contributed by atoms with Crippen molar-refractivity contribution in [1.82, 2.24) is 0 Å². The average molecular weight is 327 g/mol. The van der Waals surface area contributed by atoms with Crippen molar-refractivity contribution in [3.8, 4) is 0 Å². The van der Waals surface area contributed by atoms with Crippen molar-refractivity contribution < 1.29 is 0 Å². The third-order valence-electron chi connectivity index (χ3n) is 3.12. The molecule has 0 aliphatic carbocycles. The van der Waals surface area contributed by atoms with Gasteiger partial charge in [0.05, 0.1) is 12.2 Å². The molecule has 0 amide bonds. The molecule has 0 radical (unpaired) electrons. The van der Waals surface area contributed by atoms with E-state index in [1.165, 1.54) is 0 Å². The van der Waals surface area contributed by atoms with Crippen molar-refractivity contribution in [3.63, 3.8) is 0 Å². The fourth-order valence-corrected chi connectivity index (χ4v) is 2.81. The van der Waals surface area contributed by atoms with Crippen LogP contribution in [0.1, 0.15) is 11.6 Å². The van der Waals surface area contributed by atoms with Crippen LogP contribution in [0.3, 0.4) is 0 Å². The molecule has 1 atom stereocenters. The van der Waals surface area contributed by atoms with Gasteiger partial charge in [-0.3, -0.25) is 0 Å². The maximum absolute atomic E-state index is 6.27. The highest BCUT2D eigenvalue weighted by atomic mass is 35.5. The normalized spacial score (nSPS) is 17.8. The first-order valence-corrected chi connectivity index (χ1v) is 7.16. The van der Waals surface area contributed by atoms with Crippen LogP contribution in [0, 0.1) is 0 Å². The van der Waals surface area contributed by atoms with E-state index in [1.807, 2.05) is 41.4 Å². The largest absolute Gasteiger partial charge is 0.238 e. The second kappa shape index (κ2) is 5.60. The Kier molecular flexibility index (Phi) is 3.83. The summed E-state index contributed by atoms with van der Waals surface area (Å²) in [6, 6.07) is 12.9. The number of rotatable bonds is 2. The summed E-state index contributed by atoms with van der Waals surface area (Å²) in [4.78, 5) is 0. The molecule has 2 aromatic carbocycles. The van der Waals surface area contributed by atoms with E-state index in [0.717, 1.165) is 11.3 Å². The minimum atomic E-state index is -0.0269. The summed E-state index contributed by atoms with van der Waals surface area (Å²) in [6.07, 6.45) is 0. The highest BCUT2D eigenvalue weighted by Crippen LogP contribution is 2.36. The molecule has 0 fully saturated rings. The summed E-state index contributed by atoms with van der Waals surface area (Å²) in [5.74, 6) is 0. The number of anilines is 1. The molecule has 1 aliphatic heterocycles. The van der Waals surface area contributed by atoms with Crippen LogP contribution in [0.2, 0.25) is 15.1 Å². The Hall–Kier alpha value is -1.29. The van der Waals surface area contributed by atoms with Gasteiger partial charge in [0.1, 0.15) is 6.04 Å². The molecule has 0 aromatic heterocycles. The van der Waals surface area contributed by atoms with E-state index in [9.17, 15) is 0 Å². The Morgan fingerprint density at radius 2 is 1.65 bits per heavy atom. The lowest BCUT2D eigenvalue weighted by Gasteiger charge is -2.23. The first kappa shape index (κ1) is 13.7. The Balaban J connectivity index is 1.95. The van der Waals surface area contributed by atoms with Gasteiger partial charge in [-0.1, -0.05) is 46.1 Å². The Bertz CT molecular complexity index is 655. The lowest BCUT2D eigenvalue weighted by molar-refractivity contribution is 0.732. The molecular weight excluding hydrogens is 317 g/mol. The van der Waals surface area contributed by atoms with Crippen molar-refractivity contribution in [2.45, 2.75) is 6.04 Å². The van der Waals surface area contributed by atoms with Crippen molar-refractivity contribution in [2.24, 2.45) is 10.3 Å². The van der Waals surface area contributed by atoms with Gasteiger partial charge in [0.25, 0.3) is 0 Å². The summed E-state index contributed by atoms with van der Waals surface area (Å²) >= 11 is 18.1. The summed E-state index contributed by atoms with van der Waals surface area (Å²) in [5, 5.41) is 12.1. The molecule has 0 saturated carbocycles. The van der Waals surface area contributed by atoms with E-state index < -0.39 is 0 Å². The predicted octanol–water partition coefficient (Wildman–Crippen LogP) is 5.58. The van der Waals surface area contributed by atoms with Crippen LogP contribution in [0.25, 0.3) is 0 Å². The van der Waals surface area contributed by atoms with Gasteiger partial charge < -0.3 is 0 Å². The maximum Gasteiger partial charge on any atom is 0.102 e. The van der Waals surface area contributed by atoms with E-state index in [0.29, 0.717) is 21.6 Å². The molecule has 1 aliphatic rings. The van der Waals surface area contributed by atoms with Gasteiger partial charge in [-0.25, -0.2) is 5.01 Å². The third-order valence-corrected chi connectivity index (χ3v) is 3.94. The quantitative estimate of drug-likeness (QED) is 0.708. The lowest BCUT2D eigenvalue weighted by atomic mass is 10.1. The van der Waals surface area contributed by atoms with Crippen LogP contribution in [0.4, 0.5) is 5.69 Å². The van der Waals surface area contributed by atoms with Crippen molar-refractivity contribution in [1.29, 1.82) is 0 Å². The first-order chi connectivity index (χ1) is 9.65. The van der Waals surface area contributed by atoms with Crippen LogP contribution in [0.5, 0.6) is 0 Å². The van der Waals surface area contributed by atoms with Crippen LogP contribution in [-0.2, 0) is 0 Å². The Morgan fingerprint density at radius 1 is 0.950 bits per heavy atom. The summed E-state index contributed by atoms with van der Waals surface area (Å²) in [5.41, 5.74) is 1.88. The van der Waals surface area contributed by atoms with Gasteiger partial charge in [-0.2, -0.15) is 5.11 Å². The van der Waals surface area contributed by atoms with E-state index in [4.69, 9.17) is 34.8 Å². The van der Waals surface area contributed by atoms with E-state index in [-0.39, 0.29) is 6.04 Å². The van der Waals surface area contributed by atoms with E-state index in [1.54, 1.807) is 6.07 Å². The number of hydrogen-bond donors (Lipinski definition) is 0. The molecule has 0 bridgehead atoms. The smallest absolute Gasteiger partial charge is 0.102 e. The Labute approximate surface area is 131 Å². The predicted molar refractivity (Wildman–Crippen MR) is 82.9 cm³/mol. The number of halogens is 3. The fraction of sp³-hybridized carbons (Fsp3) is 0.143. The molecule has 102 valence electrons. The third kappa shape index (κ3) is 2.62. The van der Waals surface area contributed by atoms with E-state index in [2.05, 4.69) is 10.3 Å². The second-order valence-electron chi connectivity index (χ2n) is 4.42. The molecule has 20 heavy (non-hydrogen) atoms. The van der Waals surface area contributed by atoms with Crippen LogP contribution in [-0.4, -0.2) is 6.54 Å². The Morgan fingerprint density at radius 3 is 2.35 bits per heavy atom. The second-order valence-corrected chi connectivity index (χ2v) is 5.70. The van der Waals surface area contributed by atoms with Crippen LogP contribution in [0.15, 0.2) is 52.8 Å². The zero-order valence-corrected chi connectivity index (χ0v) is 12.6. The topological polar surface area (TPSA) is 28.0 Å². The molecule has 0 spiro atoms. The number of benzene rings is 2. The van der Waals surface area contributed by atoms with E-state index >= 15 is 0 Å². The van der Waals surface area contributed by atoms with Crippen LogP contribution < -0.4 is 5.01 Å². The van der Waals surface area contributed by atoms with Gasteiger partial charge in [0.15, 0.2) is 0 Å². The lowest BCUT2D eigenvalue weighted by Crippen LogP contribution is -2.20. The minimum Gasteiger partial charge on any atom is -0.238 e. The first-order valence-electron chi connectivity index (χ1n) is 6.02. The molecule has 3 nitrogen and oxygen atoms in total. The average Bonchev–Trinajstić information content (AvgIpc) is 2.88. The standard InChI is InChI=1S/C14H10Cl3N3/c15-9-1-4-11(5-2-9)20-14(8-18-19-20)12-6-3-10(16)7-13(12)17/h1-7,14H,8H2. The molecule has 6 heteroatoms. The molecule has 2 aromatic rings. The minimum absolute atomic E-state index is 0.0269. The number of nitrogens with zero attached hydrogens (tertiary/aromatic N) is 3. The molecule has 3 rings (SSSR count). The SMILES string of the molecule is Clc1ccc(N2N=NCC2c2ccc(Cl)cc2Cl)cc1. The summed E-state index contributed by atoms with van der Waals surface area (Å²) < 4.78 is 0. The van der Waals surface area contributed by atoms with Gasteiger partial charge in [0.2, 0.25) is 0 Å². The molecule has 0 N–H and O–H groups in total. The monoisotopic (exact) mass is 325 g/mol. The summed E-state index contributed by atoms with van der Waals surface area (Å²) in [6.45, 7) is 0.560. The fourth-order valence-electron chi connectivity index (χ4n) is 2.15. The zero-order chi connectivity index (χ0) is 14.1. The van der Waals surface area contributed by atoms with Crippen molar-refractivity contribution >= 4 is 40.5 Å². The highest BCUT2D eigenvalue weighted by molar-refractivity contribution is 6.35. The van der Waals surface area contributed by atoms with Crippen molar-refractivity contribution in [2.75, 3.05) is 11.6 Å². The maximum atomic E-state index is 6.27. The highest BCUT2D eigenvalue weighted by Gasteiger charge is 2.27. The zero-order valence-electron chi connectivity index (χ0n) is 10.3. The molecule has 1 unspecified atom stereocenters. The van der Waals surface area contributed by atoms with Crippen molar-refractivity contribution in [3.05, 3.63) is 63.1 Å². The van der Waals surface area contributed by atoms with Gasteiger partial charge >= 0.3 is 0 Å². The molecular formula is C14H10Cl3N3. The number of hydrogen-bond acceptors (Lipinski definition) is 3. The van der Waals surface area contributed by atoms with Gasteiger partial charge in [-0.05, 0) is 42.0 Å². The van der Waals surface area contributed by atoms with Crippen LogP contribution >= 0.6 is 34.8 Å². The summed E-state index contributed by atoms with van der Waals surface area (Å²) in [7, 11) is 0.